The number of furan rings is 1. The van der Waals surface area contributed by atoms with Gasteiger partial charge in [0.05, 0.1) is 36.7 Å². The van der Waals surface area contributed by atoms with Crippen molar-refractivity contribution >= 4 is 29.0 Å². The standard InChI is InChI=1S/C22H19N5O5S/c1-31-16-9-10-17(18(12-16)27(29)30)23-20(28)14-33-22-25-24-21(19-8-5-11-32-19)26(22)13-15-6-3-2-4-7-15/h2-12H,13-14H2,1H3,(H,23,28). The lowest BCUT2D eigenvalue weighted by Gasteiger charge is -2.10. The largest absolute Gasteiger partial charge is 0.496 e. The van der Waals surface area contributed by atoms with E-state index in [1.165, 1.54) is 31.0 Å². The SMILES string of the molecule is COc1ccc(NC(=O)CSc2nnc(-c3ccco3)n2Cc2ccccc2)c([N+](=O)[O-])c1. The van der Waals surface area contributed by atoms with Crippen LogP contribution in [-0.4, -0.2) is 38.5 Å². The maximum Gasteiger partial charge on any atom is 0.296 e. The number of nitrogens with one attached hydrogen (secondary N) is 1. The second-order valence-electron chi connectivity index (χ2n) is 6.83. The van der Waals surface area contributed by atoms with Gasteiger partial charge in [-0.1, -0.05) is 42.1 Å². The number of hydrogen-bond donors (Lipinski definition) is 1. The minimum absolute atomic E-state index is 0.0196. The highest BCUT2D eigenvalue weighted by molar-refractivity contribution is 7.99. The van der Waals surface area contributed by atoms with Gasteiger partial charge in [-0.25, -0.2) is 0 Å². The number of amides is 1. The molecule has 168 valence electrons. The van der Waals surface area contributed by atoms with Crippen molar-refractivity contribution in [3.63, 3.8) is 0 Å². The van der Waals surface area contributed by atoms with Crippen molar-refractivity contribution in [1.82, 2.24) is 14.8 Å². The summed E-state index contributed by atoms with van der Waals surface area (Å²) >= 11 is 1.17. The molecule has 33 heavy (non-hydrogen) atoms. The number of hydrogen-bond acceptors (Lipinski definition) is 8. The molecule has 0 aliphatic rings. The van der Waals surface area contributed by atoms with Crippen molar-refractivity contribution in [1.29, 1.82) is 0 Å². The maximum atomic E-state index is 12.6. The highest BCUT2D eigenvalue weighted by atomic mass is 32.2. The van der Waals surface area contributed by atoms with Crippen LogP contribution in [0.15, 0.2) is 76.5 Å². The number of benzene rings is 2. The molecule has 0 atom stereocenters. The predicted molar refractivity (Wildman–Crippen MR) is 122 cm³/mol. The zero-order valence-electron chi connectivity index (χ0n) is 17.5. The molecule has 2 heterocycles. The summed E-state index contributed by atoms with van der Waals surface area (Å²) in [6, 6.07) is 17.6. The fraction of sp³-hybridized carbons (Fsp3) is 0.136. The lowest BCUT2D eigenvalue weighted by molar-refractivity contribution is -0.384. The van der Waals surface area contributed by atoms with Crippen LogP contribution in [0, 0.1) is 10.1 Å². The van der Waals surface area contributed by atoms with E-state index >= 15 is 0 Å². The van der Waals surface area contributed by atoms with Gasteiger partial charge in [0, 0.05) is 0 Å². The molecule has 10 nitrogen and oxygen atoms in total. The topological polar surface area (TPSA) is 125 Å². The van der Waals surface area contributed by atoms with Crippen LogP contribution >= 0.6 is 11.8 Å². The number of carbonyl (C=O) groups excluding carboxylic acids is 1. The predicted octanol–water partition coefficient (Wildman–Crippen LogP) is 4.23. The number of aromatic nitrogens is 3. The summed E-state index contributed by atoms with van der Waals surface area (Å²) in [7, 11) is 1.41. The molecule has 0 saturated carbocycles. The summed E-state index contributed by atoms with van der Waals surface area (Å²) in [4.78, 5) is 23.3. The molecule has 0 aliphatic carbocycles. The molecule has 0 fully saturated rings. The summed E-state index contributed by atoms with van der Waals surface area (Å²) in [5, 5.41) is 22.9. The Morgan fingerprint density at radius 1 is 1.18 bits per heavy atom. The molecule has 11 heteroatoms. The Labute approximate surface area is 192 Å². The molecule has 4 aromatic rings. The van der Waals surface area contributed by atoms with Crippen LogP contribution in [0.2, 0.25) is 0 Å². The number of nitro benzene ring substituents is 1. The van der Waals surface area contributed by atoms with Crippen LogP contribution in [0.3, 0.4) is 0 Å². The Morgan fingerprint density at radius 3 is 2.70 bits per heavy atom. The van der Waals surface area contributed by atoms with Crippen molar-refractivity contribution in [3.05, 3.63) is 82.6 Å². The van der Waals surface area contributed by atoms with Gasteiger partial charge in [-0.2, -0.15) is 0 Å². The average molecular weight is 465 g/mol. The van der Waals surface area contributed by atoms with Gasteiger partial charge in [0.2, 0.25) is 11.7 Å². The first kappa shape index (κ1) is 22.1. The van der Waals surface area contributed by atoms with Gasteiger partial charge in [0.15, 0.2) is 10.9 Å². The normalized spacial score (nSPS) is 10.7. The number of ether oxygens (including phenoxy) is 1. The second-order valence-corrected chi connectivity index (χ2v) is 7.77. The molecule has 2 aromatic carbocycles. The number of methoxy groups -OCH3 is 1. The van der Waals surface area contributed by atoms with E-state index in [-0.39, 0.29) is 17.1 Å². The zero-order valence-corrected chi connectivity index (χ0v) is 18.3. The first-order valence-corrected chi connectivity index (χ1v) is 10.8. The third kappa shape index (κ3) is 5.21. The first-order valence-electron chi connectivity index (χ1n) is 9.81. The van der Waals surface area contributed by atoms with Crippen LogP contribution in [0.4, 0.5) is 11.4 Å². The lowest BCUT2D eigenvalue weighted by atomic mass is 10.2. The molecule has 0 saturated heterocycles. The third-order valence-electron chi connectivity index (χ3n) is 4.65. The molecule has 0 unspecified atom stereocenters. The Morgan fingerprint density at radius 2 is 2.00 bits per heavy atom. The quantitative estimate of drug-likeness (QED) is 0.221. The van der Waals surface area contributed by atoms with Crippen LogP contribution in [0.5, 0.6) is 5.75 Å². The van der Waals surface area contributed by atoms with Gasteiger partial charge >= 0.3 is 0 Å². The molecule has 0 aliphatic heterocycles. The van der Waals surface area contributed by atoms with Crippen molar-refractivity contribution < 1.29 is 18.9 Å². The van der Waals surface area contributed by atoms with E-state index in [0.29, 0.717) is 29.0 Å². The molecule has 1 N–H and O–H groups in total. The van der Waals surface area contributed by atoms with Gasteiger partial charge in [0.1, 0.15) is 11.4 Å². The smallest absolute Gasteiger partial charge is 0.296 e. The molecule has 0 bridgehead atoms. The summed E-state index contributed by atoms with van der Waals surface area (Å²) in [5.74, 6) is 0.991. The monoisotopic (exact) mass is 465 g/mol. The van der Waals surface area contributed by atoms with E-state index < -0.39 is 10.8 Å². The molecule has 0 spiro atoms. The van der Waals surface area contributed by atoms with Gasteiger partial charge < -0.3 is 14.5 Å². The summed E-state index contributed by atoms with van der Waals surface area (Å²) in [5.41, 5.74) is 0.874. The summed E-state index contributed by atoms with van der Waals surface area (Å²) in [6.45, 7) is 0.484. The van der Waals surface area contributed by atoms with Gasteiger partial charge in [-0.15, -0.1) is 10.2 Å². The minimum atomic E-state index is -0.572. The highest BCUT2D eigenvalue weighted by Gasteiger charge is 2.20. The number of thioether (sulfide) groups is 1. The summed E-state index contributed by atoms with van der Waals surface area (Å²) < 4.78 is 12.4. The Bertz CT molecular complexity index is 1260. The fourth-order valence-corrected chi connectivity index (χ4v) is 3.84. The van der Waals surface area contributed by atoms with Crippen LogP contribution < -0.4 is 10.1 Å². The third-order valence-corrected chi connectivity index (χ3v) is 5.62. The van der Waals surface area contributed by atoms with E-state index in [9.17, 15) is 14.9 Å². The average Bonchev–Trinajstić information content (AvgIpc) is 3.48. The van der Waals surface area contributed by atoms with Crippen LogP contribution in [0.25, 0.3) is 11.6 Å². The minimum Gasteiger partial charge on any atom is -0.496 e. The summed E-state index contributed by atoms with van der Waals surface area (Å²) in [6.07, 6.45) is 1.55. The van der Waals surface area contributed by atoms with E-state index in [4.69, 9.17) is 9.15 Å². The van der Waals surface area contributed by atoms with E-state index in [2.05, 4.69) is 15.5 Å². The number of carbonyl (C=O) groups is 1. The Balaban J connectivity index is 1.51. The Kier molecular flexibility index (Phi) is 6.69. The molecule has 1 amide bonds. The van der Waals surface area contributed by atoms with Crippen molar-refractivity contribution in [2.24, 2.45) is 0 Å². The number of anilines is 1. The molecular weight excluding hydrogens is 446 g/mol. The second kappa shape index (κ2) is 10.0. The first-order chi connectivity index (χ1) is 16.0. The molecule has 2 aromatic heterocycles. The highest BCUT2D eigenvalue weighted by Crippen LogP contribution is 2.30. The fourth-order valence-electron chi connectivity index (χ4n) is 3.10. The number of nitrogens with zero attached hydrogens (tertiary/aromatic N) is 4. The Hall–Kier alpha value is -4.12. The van der Waals surface area contributed by atoms with Crippen molar-refractivity contribution in [2.75, 3.05) is 18.2 Å². The van der Waals surface area contributed by atoms with Gasteiger partial charge in [-0.05, 0) is 29.8 Å². The molecule has 0 radical (unpaired) electrons. The zero-order chi connectivity index (χ0) is 23.2. The van der Waals surface area contributed by atoms with E-state index in [1.54, 1.807) is 24.5 Å². The van der Waals surface area contributed by atoms with E-state index in [0.717, 1.165) is 5.56 Å². The van der Waals surface area contributed by atoms with Crippen molar-refractivity contribution in [2.45, 2.75) is 11.7 Å². The molecular formula is C22H19N5O5S. The van der Waals surface area contributed by atoms with Crippen LogP contribution in [0.1, 0.15) is 5.56 Å². The van der Waals surface area contributed by atoms with E-state index in [1.807, 2.05) is 34.9 Å². The number of nitro groups is 1. The van der Waals surface area contributed by atoms with Gasteiger partial charge in [0.25, 0.3) is 5.69 Å². The molecule has 4 rings (SSSR count). The van der Waals surface area contributed by atoms with Gasteiger partial charge in [-0.3, -0.25) is 19.5 Å². The maximum absolute atomic E-state index is 12.6. The van der Waals surface area contributed by atoms with Crippen LogP contribution in [-0.2, 0) is 11.3 Å². The number of rotatable bonds is 9. The lowest BCUT2D eigenvalue weighted by Crippen LogP contribution is -2.16. The van der Waals surface area contributed by atoms with Crippen molar-refractivity contribution in [3.8, 4) is 17.3 Å².